The van der Waals surface area contributed by atoms with Crippen molar-refractivity contribution in [3.05, 3.63) is 35.4 Å². The van der Waals surface area contributed by atoms with Crippen LogP contribution in [0.5, 0.6) is 0 Å². The Hall–Kier alpha value is -0.510. The molecular formula is C21H45NOS. The van der Waals surface area contributed by atoms with E-state index in [0.29, 0.717) is 0 Å². The lowest BCUT2D eigenvalue weighted by Crippen LogP contribution is -2.41. The van der Waals surface area contributed by atoms with Crippen LogP contribution in [0, 0.1) is 6.92 Å². The minimum Gasteiger partial charge on any atom is -0.333 e. The first kappa shape index (κ1) is 31.3. The zero-order valence-corrected chi connectivity index (χ0v) is 19.3. The molecule has 0 aromatic heterocycles. The van der Waals surface area contributed by atoms with Crippen LogP contribution in [0.2, 0.25) is 0 Å². The highest BCUT2D eigenvalue weighted by atomic mass is 32.1. The van der Waals surface area contributed by atoms with Gasteiger partial charge in [-0.1, -0.05) is 85.2 Å². The molecular weight excluding hydrogens is 314 g/mol. The van der Waals surface area contributed by atoms with Gasteiger partial charge in [-0.05, 0) is 58.1 Å². The summed E-state index contributed by atoms with van der Waals surface area (Å²) in [4.78, 5) is 0. The van der Waals surface area contributed by atoms with Crippen LogP contribution in [0.4, 0.5) is 0 Å². The SMILES string of the molecule is CC.CC.CC.CNC(C)(C)CC(C)(C)c1ccc(C)cc1.OS. The molecule has 146 valence electrons. The summed E-state index contributed by atoms with van der Waals surface area (Å²) in [5, 5.41) is 3.38. The van der Waals surface area contributed by atoms with Crippen molar-refractivity contribution < 1.29 is 4.55 Å². The molecule has 0 radical (unpaired) electrons. The number of thiol groups is 1. The van der Waals surface area contributed by atoms with Gasteiger partial charge in [-0.25, -0.2) is 0 Å². The highest BCUT2D eigenvalue weighted by Crippen LogP contribution is 2.32. The number of hydrogen-bond acceptors (Lipinski definition) is 3. The molecule has 0 fully saturated rings. The molecule has 0 spiro atoms. The molecule has 1 aromatic carbocycles. The quantitative estimate of drug-likeness (QED) is 0.394. The van der Waals surface area contributed by atoms with E-state index in [1.165, 1.54) is 11.1 Å². The Morgan fingerprint density at radius 3 is 1.46 bits per heavy atom. The summed E-state index contributed by atoms with van der Waals surface area (Å²) >= 11 is 2.53. The van der Waals surface area contributed by atoms with Gasteiger partial charge in [-0.3, -0.25) is 0 Å². The van der Waals surface area contributed by atoms with E-state index in [-0.39, 0.29) is 11.0 Å². The fraction of sp³-hybridized carbons (Fsp3) is 0.714. The molecule has 0 atom stereocenters. The monoisotopic (exact) mass is 359 g/mol. The van der Waals surface area contributed by atoms with E-state index in [9.17, 15) is 0 Å². The van der Waals surface area contributed by atoms with Gasteiger partial charge in [0.2, 0.25) is 0 Å². The Bertz CT molecular complexity index is 345. The molecule has 0 saturated carbocycles. The van der Waals surface area contributed by atoms with Gasteiger partial charge in [0.05, 0.1) is 0 Å². The largest absolute Gasteiger partial charge is 0.333 e. The molecule has 24 heavy (non-hydrogen) atoms. The molecule has 0 heterocycles. The third kappa shape index (κ3) is 15.0. The maximum atomic E-state index is 6.69. The van der Waals surface area contributed by atoms with E-state index in [1.54, 1.807) is 0 Å². The molecule has 0 bridgehead atoms. The molecule has 0 amide bonds. The van der Waals surface area contributed by atoms with Crippen LogP contribution in [0.3, 0.4) is 0 Å². The van der Waals surface area contributed by atoms with Crippen molar-refractivity contribution in [1.82, 2.24) is 5.32 Å². The number of aryl methyl sites for hydroxylation is 1. The first-order valence-corrected chi connectivity index (χ1v) is 9.63. The molecule has 0 saturated heterocycles. The Balaban J connectivity index is -0.000000218. The summed E-state index contributed by atoms with van der Waals surface area (Å²) in [6, 6.07) is 8.90. The molecule has 3 heteroatoms. The van der Waals surface area contributed by atoms with Crippen LogP contribution in [0.25, 0.3) is 0 Å². The fourth-order valence-electron chi connectivity index (χ4n) is 2.30. The van der Waals surface area contributed by atoms with Gasteiger partial charge < -0.3 is 9.87 Å². The van der Waals surface area contributed by atoms with Crippen molar-refractivity contribution in [1.29, 1.82) is 0 Å². The van der Waals surface area contributed by atoms with Crippen molar-refractivity contribution >= 4 is 12.9 Å². The summed E-state index contributed by atoms with van der Waals surface area (Å²) in [7, 11) is 2.03. The van der Waals surface area contributed by atoms with Crippen molar-refractivity contribution in [3.63, 3.8) is 0 Å². The third-order valence-electron chi connectivity index (χ3n) is 3.39. The highest BCUT2D eigenvalue weighted by molar-refractivity contribution is 7.74. The number of hydrogen-bond donors (Lipinski definition) is 3. The second-order valence-corrected chi connectivity index (χ2v) is 6.06. The van der Waals surface area contributed by atoms with E-state index in [1.807, 2.05) is 48.6 Å². The van der Waals surface area contributed by atoms with E-state index in [2.05, 4.69) is 77.1 Å². The lowest BCUT2D eigenvalue weighted by molar-refractivity contribution is 0.305. The van der Waals surface area contributed by atoms with Crippen LogP contribution >= 0.6 is 12.9 Å². The predicted octanol–water partition coefficient (Wildman–Crippen LogP) is 7.13. The number of rotatable bonds is 4. The van der Waals surface area contributed by atoms with Crippen LogP contribution in [0.15, 0.2) is 24.3 Å². The zero-order chi connectivity index (χ0) is 20.4. The van der Waals surface area contributed by atoms with Crippen molar-refractivity contribution in [3.8, 4) is 0 Å². The third-order valence-corrected chi connectivity index (χ3v) is 3.39. The van der Waals surface area contributed by atoms with Crippen molar-refractivity contribution in [2.45, 2.75) is 93.5 Å². The molecule has 1 aromatic rings. The maximum Gasteiger partial charge on any atom is 0.0130 e. The molecule has 0 aliphatic carbocycles. The smallest absolute Gasteiger partial charge is 0.0130 e. The summed E-state index contributed by atoms with van der Waals surface area (Å²) in [5.74, 6) is 0. The van der Waals surface area contributed by atoms with E-state index >= 15 is 0 Å². The van der Waals surface area contributed by atoms with E-state index in [0.717, 1.165) is 6.42 Å². The minimum absolute atomic E-state index is 0.175. The highest BCUT2D eigenvalue weighted by Gasteiger charge is 2.28. The van der Waals surface area contributed by atoms with Crippen LogP contribution in [-0.4, -0.2) is 17.1 Å². The van der Waals surface area contributed by atoms with E-state index < -0.39 is 0 Å². The van der Waals surface area contributed by atoms with Gasteiger partial charge in [0.1, 0.15) is 0 Å². The topological polar surface area (TPSA) is 32.3 Å². The first-order chi connectivity index (χ1) is 11.3. The average molecular weight is 360 g/mol. The van der Waals surface area contributed by atoms with Gasteiger partial charge >= 0.3 is 0 Å². The summed E-state index contributed by atoms with van der Waals surface area (Å²) in [5.41, 5.74) is 3.13. The molecule has 1 rings (SSSR count). The van der Waals surface area contributed by atoms with Crippen LogP contribution < -0.4 is 5.32 Å². The second-order valence-electron chi connectivity index (χ2n) is 6.06. The summed E-state index contributed by atoms with van der Waals surface area (Å²) < 4.78 is 6.69. The normalized spacial score (nSPS) is 9.58. The van der Waals surface area contributed by atoms with Gasteiger partial charge in [0.15, 0.2) is 0 Å². The zero-order valence-electron chi connectivity index (χ0n) is 18.4. The van der Waals surface area contributed by atoms with Gasteiger partial charge in [-0.2, -0.15) is 0 Å². The van der Waals surface area contributed by atoms with Crippen molar-refractivity contribution in [2.75, 3.05) is 7.05 Å². The fourth-order valence-corrected chi connectivity index (χ4v) is 2.30. The number of benzene rings is 1. The Kier molecular flexibility index (Phi) is 24.5. The van der Waals surface area contributed by atoms with Gasteiger partial charge in [0, 0.05) is 5.54 Å². The average Bonchev–Trinajstić information content (AvgIpc) is 2.61. The molecule has 0 aliphatic heterocycles. The molecule has 0 unspecified atom stereocenters. The molecule has 0 aliphatic rings. The predicted molar refractivity (Wildman–Crippen MR) is 118 cm³/mol. The van der Waals surface area contributed by atoms with E-state index in [4.69, 9.17) is 4.55 Å². The summed E-state index contributed by atoms with van der Waals surface area (Å²) in [6.07, 6.45) is 1.12. The lowest BCUT2D eigenvalue weighted by Gasteiger charge is -2.35. The lowest BCUT2D eigenvalue weighted by atomic mass is 9.75. The number of nitrogens with one attached hydrogen (secondary N) is 1. The van der Waals surface area contributed by atoms with Gasteiger partial charge in [0.25, 0.3) is 0 Å². The van der Waals surface area contributed by atoms with Crippen LogP contribution in [-0.2, 0) is 5.41 Å². The molecule has 2 N–H and O–H groups in total. The minimum atomic E-state index is 0.175. The van der Waals surface area contributed by atoms with Crippen LogP contribution in [0.1, 0.15) is 86.8 Å². The Labute approximate surface area is 159 Å². The first-order valence-electron chi connectivity index (χ1n) is 9.23. The standard InChI is InChI=1S/C15H25N.3C2H6.H2OS/c1-12-7-9-13(10-8-12)14(2,3)11-15(4,5)16-6;4*1-2/h7-10,16H,11H2,1-6H3;3*1-2H3;1-2H. The van der Waals surface area contributed by atoms with Crippen molar-refractivity contribution in [2.24, 2.45) is 0 Å². The molecule has 2 nitrogen and oxygen atoms in total. The second kappa shape index (κ2) is 18.8. The Morgan fingerprint density at radius 2 is 1.17 bits per heavy atom. The van der Waals surface area contributed by atoms with Gasteiger partial charge in [-0.15, -0.1) is 0 Å². The Morgan fingerprint density at radius 1 is 0.833 bits per heavy atom. The summed E-state index contributed by atoms with van der Waals surface area (Å²) in [6.45, 7) is 23.3. The maximum absolute atomic E-state index is 6.69.